The van der Waals surface area contributed by atoms with Crippen LogP contribution in [0.3, 0.4) is 0 Å². The molecule has 4 rings (SSSR count). The first kappa shape index (κ1) is 23.5. The maximum atomic E-state index is 13.0. The molecule has 0 spiro atoms. The smallest absolute Gasteiger partial charge is 0.416 e. The van der Waals surface area contributed by atoms with Crippen LogP contribution in [0.25, 0.3) is 0 Å². The highest BCUT2D eigenvalue weighted by atomic mass is 19.4. The van der Waals surface area contributed by atoms with E-state index in [0.29, 0.717) is 39.0 Å². The highest BCUT2D eigenvalue weighted by Gasteiger charge is 2.50. The van der Waals surface area contributed by atoms with Crippen molar-refractivity contribution in [1.82, 2.24) is 9.88 Å². The largest absolute Gasteiger partial charge is 0.489 e. The van der Waals surface area contributed by atoms with E-state index in [-0.39, 0.29) is 23.9 Å². The van der Waals surface area contributed by atoms with E-state index in [1.165, 1.54) is 12.1 Å². The number of hydrogen-bond acceptors (Lipinski definition) is 5. The molecule has 2 aliphatic rings. The summed E-state index contributed by atoms with van der Waals surface area (Å²) >= 11 is 0. The van der Waals surface area contributed by atoms with Crippen LogP contribution in [0.5, 0.6) is 5.75 Å². The molecule has 2 N–H and O–H groups in total. The minimum atomic E-state index is -4.43. The molecule has 4 atom stereocenters. The lowest BCUT2D eigenvalue weighted by molar-refractivity contribution is -0.143. The molecule has 0 aliphatic carbocycles. The summed E-state index contributed by atoms with van der Waals surface area (Å²) in [6.07, 6.45) is -1.79. The Bertz CT molecular complexity index is 972. The molecule has 9 heteroatoms. The lowest BCUT2D eigenvalue weighted by atomic mass is 9.80. The first-order valence-corrected chi connectivity index (χ1v) is 11.1. The van der Waals surface area contributed by atoms with Gasteiger partial charge < -0.3 is 15.2 Å². The van der Waals surface area contributed by atoms with Crippen molar-refractivity contribution in [2.45, 2.75) is 56.0 Å². The Hall–Kier alpha value is -2.65. The molecule has 2 fully saturated rings. The van der Waals surface area contributed by atoms with Gasteiger partial charge in [0.25, 0.3) is 0 Å². The zero-order valence-corrected chi connectivity index (χ0v) is 18.4. The minimum absolute atomic E-state index is 0.0232. The number of benzene rings is 1. The van der Waals surface area contributed by atoms with Gasteiger partial charge in [-0.3, -0.25) is 14.7 Å². The van der Waals surface area contributed by atoms with Gasteiger partial charge in [0.1, 0.15) is 17.4 Å². The average molecular weight is 464 g/mol. The van der Waals surface area contributed by atoms with Crippen molar-refractivity contribution in [2.75, 3.05) is 19.7 Å². The van der Waals surface area contributed by atoms with E-state index in [9.17, 15) is 18.0 Å². The number of nitrogens with zero attached hydrogens (tertiary/aromatic N) is 2. The molecule has 178 valence electrons. The molecule has 2 aliphatic heterocycles. The van der Waals surface area contributed by atoms with Crippen LogP contribution >= 0.6 is 0 Å². The zero-order valence-electron chi connectivity index (χ0n) is 18.4. The Labute approximate surface area is 190 Å². The van der Waals surface area contributed by atoms with E-state index in [2.05, 4.69) is 4.98 Å². The Morgan fingerprint density at radius 2 is 2.12 bits per heavy atom. The van der Waals surface area contributed by atoms with Gasteiger partial charge in [-0.05, 0) is 43.2 Å². The summed E-state index contributed by atoms with van der Waals surface area (Å²) in [5, 5.41) is 0. The van der Waals surface area contributed by atoms with Crippen LogP contribution in [-0.2, 0) is 15.7 Å². The van der Waals surface area contributed by atoms with Gasteiger partial charge in [-0.25, -0.2) is 0 Å². The summed E-state index contributed by atoms with van der Waals surface area (Å²) in [7, 11) is 0. The van der Waals surface area contributed by atoms with Gasteiger partial charge in [0, 0.05) is 43.9 Å². The molecule has 2 unspecified atom stereocenters. The van der Waals surface area contributed by atoms with Crippen molar-refractivity contribution >= 4 is 5.91 Å². The predicted octanol–water partition coefficient (Wildman–Crippen LogP) is 3.76. The molecular weight excluding hydrogens is 435 g/mol. The monoisotopic (exact) mass is 463 g/mol. The third kappa shape index (κ3) is 4.99. The van der Waals surface area contributed by atoms with Gasteiger partial charge in [0.05, 0.1) is 11.7 Å². The molecule has 33 heavy (non-hydrogen) atoms. The molecule has 0 radical (unpaired) electrons. The summed E-state index contributed by atoms with van der Waals surface area (Å²) in [4.78, 5) is 19.2. The van der Waals surface area contributed by atoms with Crippen LogP contribution in [0.2, 0.25) is 0 Å². The van der Waals surface area contributed by atoms with Crippen molar-refractivity contribution in [3.63, 3.8) is 0 Å². The predicted molar refractivity (Wildman–Crippen MR) is 116 cm³/mol. The van der Waals surface area contributed by atoms with E-state index < -0.39 is 23.2 Å². The van der Waals surface area contributed by atoms with Crippen LogP contribution < -0.4 is 10.5 Å². The number of nitrogens with two attached hydrogens (primary N) is 1. The quantitative estimate of drug-likeness (QED) is 0.706. The summed E-state index contributed by atoms with van der Waals surface area (Å²) in [6, 6.07) is 10.6. The fourth-order valence-electron chi connectivity index (χ4n) is 4.85. The maximum Gasteiger partial charge on any atom is 0.416 e. The summed E-state index contributed by atoms with van der Waals surface area (Å²) in [6.45, 7) is 3.38. The number of likely N-dealkylation sites (tertiary alicyclic amines) is 1. The lowest BCUT2D eigenvalue weighted by Crippen LogP contribution is -2.61. The number of ether oxygens (including phenoxy) is 2. The Morgan fingerprint density at radius 3 is 2.82 bits per heavy atom. The first-order chi connectivity index (χ1) is 15.7. The second-order valence-electron chi connectivity index (χ2n) is 8.80. The molecule has 0 bridgehead atoms. The highest BCUT2D eigenvalue weighted by Crippen LogP contribution is 2.39. The maximum absolute atomic E-state index is 13.0. The molecule has 1 aromatic heterocycles. The molecule has 6 nitrogen and oxygen atoms in total. The van der Waals surface area contributed by atoms with Crippen LogP contribution in [-0.4, -0.2) is 53.2 Å². The third-order valence-corrected chi connectivity index (χ3v) is 6.77. The Balaban J connectivity index is 1.47. The second kappa shape index (κ2) is 9.30. The summed E-state index contributed by atoms with van der Waals surface area (Å²) < 4.78 is 50.9. The molecule has 1 amide bonds. The number of halogens is 3. The molecular formula is C24H28F3N3O3. The minimum Gasteiger partial charge on any atom is -0.489 e. The van der Waals surface area contributed by atoms with Crippen molar-refractivity contribution in [3.8, 4) is 5.75 Å². The normalized spacial score (nSPS) is 27.3. The first-order valence-electron chi connectivity index (χ1n) is 11.1. The van der Waals surface area contributed by atoms with Gasteiger partial charge in [0.15, 0.2) is 0 Å². The zero-order chi connectivity index (χ0) is 23.6. The molecule has 3 heterocycles. The number of carbonyl (C=O) groups is 1. The third-order valence-electron chi connectivity index (χ3n) is 6.77. The topological polar surface area (TPSA) is 77.7 Å². The molecule has 2 saturated heterocycles. The van der Waals surface area contributed by atoms with Crippen molar-refractivity contribution in [1.29, 1.82) is 0 Å². The van der Waals surface area contributed by atoms with Crippen LogP contribution in [0, 0.1) is 0 Å². The number of primary amides is 1. The number of hydrogen-bond donors (Lipinski definition) is 1. The van der Waals surface area contributed by atoms with Gasteiger partial charge in [-0.2, -0.15) is 13.2 Å². The van der Waals surface area contributed by atoms with Crippen LogP contribution in [0.15, 0.2) is 48.7 Å². The van der Waals surface area contributed by atoms with Crippen molar-refractivity contribution in [3.05, 3.63) is 59.9 Å². The number of aromatic nitrogens is 1. The van der Waals surface area contributed by atoms with E-state index in [1.54, 1.807) is 6.20 Å². The Morgan fingerprint density at radius 1 is 1.30 bits per heavy atom. The average Bonchev–Trinajstić information content (AvgIpc) is 3.27. The van der Waals surface area contributed by atoms with Crippen LogP contribution in [0.4, 0.5) is 13.2 Å². The van der Waals surface area contributed by atoms with E-state index in [0.717, 1.165) is 17.8 Å². The van der Waals surface area contributed by atoms with Crippen molar-refractivity contribution in [2.24, 2.45) is 5.73 Å². The van der Waals surface area contributed by atoms with E-state index in [4.69, 9.17) is 15.2 Å². The summed E-state index contributed by atoms with van der Waals surface area (Å²) in [5.41, 5.74) is 5.17. The van der Waals surface area contributed by atoms with Gasteiger partial charge >= 0.3 is 6.18 Å². The number of carbonyl (C=O) groups excluding carboxylic acids is 1. The van der Waals surface area contributed by atoms with Crippen molar-refractivity contribution < 1.29 is 27.4 Å². The number of rotatable bonds is 6. The second-order valence-corrected chi connectivity index (χ2v) is 8.80. The fraction of sp³-hybridized carbons (Fsp3) is 0.500. The molecule has 0 saturated carbocycles. The number of amides is 1. The molecule has 1 aromatic carbocycles. The van der Waals surface area contributed by atoms with Gasteiger partial charge in [0.2, 0.25) is 5.91 Å². The fourth-order valence-corrected chi connectivity index (χ4v) is 4.85. The van der Waals surface area contributed by atoms with Gasteiger partial charge in [-0.1, -0.05) is 19.1 Å². The van der Waals surface area contributed by atoms with Crippen LogP contribution in [0.1, 0.15) is 43.4 Å². The SMILES string of the molecule is C[C@@H](c1ccccn1)C1CC(C(N)=O)(N2CC[C@@H](Oc3cccc(C(F)(F)F)c3)C2)CCO1. The highest BCUT2D eigenvalue weighted by molar-refractivity contribution is 5.85. The Kier molecular flexibility index (Phi) is 6.63. The van der Waals surface area contributed by atoms with E-state index in [1.807, 2.05) is 30.0 Å². The summed E-state index contributed by atoms with van der Waals surface area (Å²) in [5.74, 6) is -0.271. The van der Waals surface area contributed by atoms with E-state index >= 15 is 0 Å². The number of alkyl halides is 3. The molecule has 2 aromatic rings. The lowest BCUT2D eigenvalue weighted by Gasteiger charge is -2.45. The standard InChI is InChI=1S/C24H28F3N3O3/c1-16(20-7-2-3-10-29-20)21-14-23(22(28)31,9-12-32-21)30-11-8-19(15-30)33-18-6-4-5-17(13-18)24(25,26)27/h2-7,10,13,16,19,21H,8-9,11-12,14-15H2,1H3,(H2,28,31)/t16-,19+,21?,23?/m0/s1. The van der Waals surface area contributed by atoms with Gasteiger partial charge in [-0.15, -0.1) is 0 Å². The number of pyridine rings is 1.